The summed E-state index contributed by atoms with van der Waals surface area (Å²) in [5, 5.41) is 18.8. The molecule has 5 heteroatoms. The van der Waals surface area contributed by atoms with Crippen molar-refractivity contribution < 1.29 is 15.0 Å². The van der Waals surface area contributed by atoms with E-state index in [4.69, 9.17) is 0 Å². The van der Waals surface area contributed by atoms with Crippen LogP contribution >= 0.6 is 0 Å². The normalized spacial score (nSPS) is 22.2. The third-order valence-corrected chi connectivity index (χ3v) is 3.95. The van der Waals surface area contributed by atoms with E-state index in [1.807, 2.05) is 19.9 Å². The number of aliphatic hydroxyl groups is 1. The maximum atomic E-state index is 11.3. The van der Waals surface area contributed by atoms with Crippen molar-refractivity contribution in [3.8, 4) is 0 Å². The lowest BCUT2D eigenvalue weighted by atomic mass is 9.88. The third kappa shape index (κ3) is 1.89. The highest BCUT2D eigenvalue weighted by Gasteiger charge is 2.32. The van der Waals surface area contributed by atoms with Gasteiger partial charge in [0.05, 0.1) is 17.2 Å². The SMILES string of the molecule is CC(C)c1nc2c(C(=O)O)cccc2n1C1CC(O)C1. The van der Waals surface area contributed by atoms with E-state index in [0.717, 1.165) is 11.3 Å². The lowest BCUT2D eigenvalue weighted by Gasteiger charge is -2.34. The minimum Gasteiger partial charge on any atom is -0.478 e. The number of para-hydroxylation sites is 1. The Bertz CT molecular complexity index is 669. The number of rotatable bonds is 3. The molecule has 1 aliphatic rings. The number of aromatic carboxylic acids is 1. The molecule has 1 heterocycles. The van der Waals surface area contributed by atoms with Gasteiger partial charge in [-0.15, -0.1) is 0 Å². The first kappa shape index (κ1) is 13.1. The van der Waals surface area contributed by atoms with Crippen molar-refractivity contribution >= 4 is 17.0 Å². The summed E-state index contributed by atoms with van der Waals surface area (Å²) in [5.41, 5.74) is 1.64. The Labute approximate surface area is 116 Å². The molecule has 3 rings (SSSR count). The predicted octanol–water partition coefficient (Wildman–Crippen LogP) is 2.55. The molecule has 0 spiro atoms. The molecule has 1 aliphatic carbocycles. The number of carboxylic acids is 1. The summed E-state index contributed by atoms with van der Waals surface area (Å²) in [6.07, 6.45) is 1.17. The first-order valence-electron chi connectivity index (χ1n) is 6.91. The van der Waals surface area contributed by atoms with Crippen molar-refractivity contribution in [1.29, 1.82) is 0 Å². The topological polar surface area (TPSA) is 75.3 Å². The van der Waals surface area contributed by atoms with E-state index in [1.165, 1.54) is 0 Å². The summed E-state index contributed by atoms with van der Waals surface area (Å²) in [6.45, 7) is 4.10. The Kier molecular flexibility index (Phi) is 3.01. The lowest BCUT2D eigenvalue weighted by molar-refractivity contribution is 0.0487. The molecule has 2 aromatic rings. The Balaban J connectivity index is 2.23. The zero-order valence-electron chi connectivity index (χ0n) is 11.6. The summed E-state index contributed by atoms with van der Waals surface area (Å²) in [4.78, 5) is 15.9. The number of aromatic nitrogens is 2. The van der Waals surface area contributed by atoms with Crippen LogP contribution in [0.1, 0.15) is 54.8 Å². The molecule has 5 nitrogen and oxygen atoms in total. The molecule has 1 aromatic carbocycles. The van der Waals surface area contributed by atoms with Crippen LogP contribution in [0.5, 0.6) is 0 Å². The van der Waals surface area contributed by atoms with Crippen molar-refractivity contribution in [2.45, 2.75) is 44.8 Å². The Hall–Kier alpha value is -1.88. The molecule has 0 amide bonds. The first-order valence-corrected chi connectivity index (χ1v) is 6.91. The number of carbonyl (C=O) groups is 1. The van der Waals surface area contributed by atoms with Crippen LogP contribution in [-0.2, 0) is 0 Å². The van der Waals surface area contributed by atoms with Gasteiger partial charge < -0.3 is 14.8 Å². The minimum absolute atomic E-state index is 0.210. The van der Waals surface area contributed by atoms with Crippen molar-refractivity contribution in [2.75, 3.05) is 0 Å². The lowest BCUT2D eigenvalue weighted by Crippen LogP contribution is -2.31. The van der Waals surface area contributed by atoms with E-state index >= 15 is 0 Å². The number of fused-ring (bicyclic) bond motifs is 1. The monoisotopic (exact) mass is 274 g/mol. The second-order valence-corrected chi connectivity index (χ2v) is 5.75. The highest BCUT2D eigenvalue weighted by Crippen LogP contribution is 2.38. The minimum atomic E-state index is -0.954. The zero-order valence-corrected chi connectivity index (χ0v) is 11.6. The van der Waals surface area contributed by atoms with Crippen molar-refractivity contribution in [3.05, 3.63) is 29.6 Å². The van der Waals surface area contributed by atoms with Gasteiger partial charge in [-0.2, -0.15) is 0 Å². The number of nitrogens with zero attached hydrogens (tertiary/aromatic N) is 2. The molecule has 0 saturated heterocycles. The average molecular weight is 274 g/mol. The number of benzene rings is 1. The molecule has 1 fully saturated rings. The molecule has 1 aromatic heterocycles. The van der Waals surface area contributed by atoms with Gasteiger partial charge in [0.2, 0.25) is 0 Å². The smallest absolute Gasteiger partial charge is 0.337 e. The van der Waals surface area contributed by atoms with Gasteiger partial charge in [0, 0.05) is 12.0 Å². The second-order valence-electron chi connectivity index (χ2n) is 5.75. The highest BCUT2D eigenvalue weighted by molar-refractivity contribution is 6.01. The third-order valence-electron chi connectivity index (χ3n) is 3.95. The predicted molar refractivity (Wildman–Crippen MR) is 75.1 cm³/mol. The Morgan fingerprint density at radius 1 is 1.40 bits per heavy atom. The van der Waals surface area contributed by atoms with Crippen LogP contribution in [0.2, 0.25) is 0 Å². The number of imidazole rings is 1. The van der Waals surface area contributed by atoms with Crippen LogP contribution in [0.15, 0.2) is 18.2 Å². The molecule has 1 saturated carbocycles. The van der Waals surface area contributed by atoms with Crippen LogP contribution < -0.4 is 0 Å². The Morgan fingerprint density at radius 2 is 2.10 bits per heavy atom. The van der Waals surface area contributed by atoms with E-state index in [1.54, 1.807) is 12.1 Å². The summed E-state index contributed by atoms with van der Waals surface area (Å²) in [7, 11) is 0. The molecule has 0 bridgehead atoms. The van der Waals surface area contributed by atoms with Gasteiger partial charge in [-0.25, -0.2) is 9.78 Å². The van der Waals surface area contributed by atoms with Crippen molar-refractivity contribution in [1.82, 2.24) is 9.55 Å². The molecule has 0 aliphatic heterocycles. The first-order chi connectivity index (χ1) is 9.49. The van der Waals surface area contributed by atoms with Crippen molar-refractivity contribution in [2.24, 2.45) is 0 Å². The van der Waals surface area contributed by atoms with Crippen LogP contribution in [-0.4, -0.2) is 31.8 Å². The maximum Gasteiger partial charge on any atom is 0.337 e. The fourth-order valence-corrected chi connectivity index (χ4v) is 2.87. The van der Waals surface area contributed by atoms with E-state index in [2.05, 4.69) is 9.55 Å². The van der Waals surface area contributed by atoms with Gasteiger partial charge in [0.1, 0.15) is 11.3 Å². The maximum absolute atomic E-state index is 11.3. The standard InChI is InChI=1S/C15H18N2O3/c1-8(2)14-16-13-11(15(19)20)4-3-5-12(13)17(14)9-6-10(18)7-9/h3-5,8-10,18H,6-7H2,1-2H3,(H,19,20). The molecular weight excluding hydrogens is 256 g/mol. The Morgan fingerprint density at radius 3 is 2.65 bits per heavy atom. The number of hydrogen-bond donors (Lipinski definition) is 2. The van der Waals surface area contributed by atoms with Gasteiger partial charge in [-0.1, -0.05) is 19.9 Å². The molecule has 0 unspecified atom stereocenters. The van der Waals surface area contributed by atoms with Crippen molar-refractivity contribution in [3.63, 3.8) is 0 Å². The molecule has 106 valence electrons. The average Bonchev–Trinajstić information content (AvgIpc) is 2.73. The van der Waals surface area contributed by atoms with E-state index in [0.29, 0.717) is 18.4 Å². The largest absolute Gasteiger partial charge is 0.478 e. The fraction of sp³-hybridized carbons (Fsp3) is 0.467. The summed E-state index contributed by atoms with van der Waals surface area (Å²) < 4.78 is 2.11. The zero-order chi connectivity index (χ0) is 14.4. The van der Waals surface area contributed by atoms with Crippen LogP contribution in [0.25, 0.3) is 11.0 Å². The second kappa shape index (κ2) is 4.59. The fourth-order valence-electron chi connectivity index (χ4n) is 2.87. The van der Waals surface area contributed by atoms with E-state index in [-0.39, 0.29) is 23.6 Å². The van der Waals surface area contributed by atoms with Gasteiger partial charge >= 0.3 is 5.97 Å². The van der Waals surface area contributed by atoms with Gasteiger partial charge in [-0.05, 0) is 25.0 Å². The summed E-state index contributed by atoms with van der Waals surface area (Å²) in [5.74, 6) is 0.150. The van der Waals surface area contributed by atoms with Crippen LogP contribution in [0.3, 0.4) is 0 Å². The van der Waals surface area contributed by atoms with E-state index in [9.17, 15) is 15.0 Å². The quantitative estimate of drug-likeness (QED) is 0.902. The summed E-state index contributed by atoms with van der Waals surface area (Å²) in [6, 6.07) is 5.47. The summed E-state index contributed by atoms with van der Waals surface area (Å²) >= 11 is 0. The molecule has 0 radical (unpaired) electrons. The molecular formula is C15H18N2O3. The molecule has 0 atom stereocenters. The molecule has 2 N–H and O–H groups in total. The number of aliphatic hydroxyl groups excluding tert-OH is 1. The van der Waals surface area contributed by atoms with Gasteiger partial charge in [-0.3, -0.25) is 0 Å². The van der Waals surface area contributed by atoms with Gasteiger partial charge in [0.25, 0.3) is 0 Å². The highest BCUT2D eigenvalue weighted by atomic mass is 16.4. The van der Waals surface area contributed by atoms with Crippen LogP contribution in [0, 0.1) is 0 Å². The van der Waals surface area contributed by atoms with Gasteiger partial charge in [0.15, 0.2) is 0 Å². The molecule has 20 heavy (non-hydrogen) atoms. The number of hydrogen-bond acceptors (Lipinski definition) is 3. The van der Waals surface area contributed by atoms with Crippen LogP contribution in [0.4, 0.5) is 0 Å². The van der Waals surface area contributed by atoms with E-state index < -0.39 is 5.97 Å². The number of carboxylic acid groups (broad SMARTS) is 1.